The Balaban J connectivity index is 1.91. The Morgan fingerprint density at radius 1 is 1.08 bits per heavy atom. The number of methoxy groups -OCH3 is 2. The molecule has 0 saturated heterocycles. The Morgan fingerprint density at radius 3 is 2.72 bits per heavy atom. The van der Waals surface area contributed by atoms with Crippen molar-refractivity contribution in [2.24, 2.45) is 10.7 Å². The highest BCUT2D eigenvalue weighted by atomic mass is 16.5. The van der Waals surface area contributed by atoms with Crippen molar-refractivity contribution in [1.82, 2.24) is 0 Å². The molecule has 0 heterocycles. The number of para-hydroxylation sites is 2. The van der Waals surface area contributed by atoms with E-state index >= 15 is 0 Å². The van der Waals surface area contributed by atoms with Gasteiger partial charge < -0.3 is 25.3 Å². The predicted molar refractivity (Wildman–Crippen MR) is 100 cm³/mol. The van der Waals surface area contributed by atoms with E-state index in [4.69, 9.17) is 19.9 Å². The summed E-state index contributed by atoms with van der Waals surface area (Å²) in [5.41, 5.74) is 7.77. The van der Waals surface area contributed by atoms with Crippen molar-refractivity contribution in [3.05, 3.63) is 54.1 Å². The fourth-order valence-corrected chi connectivity index (χ4v) is 2.23. The van der Waals surface area contributed by atoms with Crippen LogP contribution >= 0.6 is 0 Å². The molecule has 0 saturated carbocycles. The number of hydrogen-bond acceptors (Lipinski definition) is 4. The first-order valence-electron chi connectivity index (χ1n) is 8.13. The lowest BCUT2D eigenvalue weighted by Gasteiger charge is -2.10. The van der Waals surface area contributed by atoms with Crippen LogP contribution in [0, 0.1) is 0 Å². The van der Waals surface area contributed by atoms with E-state index in [-0.39, 0.29) is 0 Å². The van der Waals surface area contributed by atoms with Crippen molar-refractivity contribution in [2.75, 3.05) is 32.8 Å². The first-order valence-corrected chi connectivity index (χ1v) is 8.13. The topological polar surface area (TPSA) is 78.1 Å². The number of guanidine groups is 1. The molecule has 0 amide bonds. The van der Waals surface area contributed by atoms with Gasteiger partial charge in [-0.3, -0.25) is 0 Å². The van der Waals surface area contributed by atoms with Crippen molar-refractivity contribution in [1.29, 1.82) is 0 Å². The summed E-state index contributed by atoms with van der Waals surface area (Å²) in [7, 11) is 3.30. The zero-order chi connectivity index (χ0) is 17.9. The number of anilines is 1. The Labute approximate surface area is 148 Å². The van der Waals surface area contributed by atoms with Crippen LogP contribution < -0.4 is 20.5 Å². The van der Waals surface area contributed by atoms with Crippen LogP contribution in [0.3, 0.4) is 0 Å². The van der Waals surface area contributed by atoms with E-state index < -0.39 is 0 Å². The highest BCUT2D eigenvalue weighted by molar-refractivity contribution is 5.93. The molecule has 3 N–H and O–H groups in total. The monoisotopic (exact) mass is 343 g/mol. The maximum Gasteiger partial charge on any atom is 0.193 e. The zero-order valence-corrected chi connectivity index (χ0v) is 14.7. The SMILES string of the molecule is COCCCOc1cccc(CN=C(N)Nc2ccccc2OC)c1. The molecule has 0 spiro atoms. The number of nitrogens with one attached hydrogen (secondary N) is 1. The normalized spacial score (nSPS) is 11.2. The third kappa shape index (κ3) is 6.35. The van der Waals surface area contributed by atoms with Gasteiger partial charge in [0.2, 0.25) is 0 Å². The molecule has 2 rings (SSSR count). The number of aliphatic imine (C=N–C) groups is 1. The number of benzene rings is 2. The molecule has 0 aliphatic carbocycles. The van der Waals surface area contributed by atoms with Crippen LogP contribution in [0.5, 0.6) is 11.5 Å². The predicted octanol–water partition coefficient (Wildman–Crippen LogP) is 3.04. The van der Waals surface area contributed by atoms with E-state index in [1.165, 1.54) is 0 Å². The maximum atomic E-state index is 5.97. The van der Waals surface area contributed by atoms with Gasteiger partial charge in [-0.15, -0.1) is 0 Å². The number of nitrogens with zero attached hydrogens (tertiary/aromatic N) is 1. The minimum absolute atomic E-state index is 0.330. The summed E-state index contributed by atoms with van der Waals surface area (Å²) in [6.45, 7) is 1.77. The second kappa shape index (κ2) is 10.2. The van der Waals surface area contributed by atoms with E-state index in [0.29, 0.717) is 31.5 Å². The summed E-state index contributed by atoms with van der Waals surface area (Å²) in [5.74, 6) is 1.86. The summed E-state index contributed by atoms with van der Waals surface area (Å²) < 4.78 is 16.0. The van der Waals surface area contributed by atoms with Gasteiger partial charge in [-0.1, -0.05) is 24.3 Å². The van der Waals surface area contributed by atoms with Gasteiger partial charge in [0, 0.05) is 20.1 Å². The van der Waals surface area contributed by atoms with Crippen LogP contribution in [0.15, 0.2) is 53.5 Å². The third-order valence-electron chi connectivity index (χ3n) is 3.46. The molecular formula is C19H25N3O3. The average molecular weight is 343 g/mol. The molecule has 0 unspecified atom stereocenters. The van der Waals surface area contributed by atoms with Gasteiger partial charge in [0.15, 0.2) is 5.96 Å². The molecule has 0 aliphatic rings. The molecule has 0 radical (unpaired) electrons. The molecule has 0 aliphatic heterocycles. The lowest BCUT2D eigenvalue weighted by Crippen LogP contribution is -2.22. The summed E-state index contributed by atoms with van der Waals surface area (Å²) >= 11 is 0. The summed E-state index contributed by atoms with van der Waals surface area (Å²) in [6.07, 6.45) is 0.856. The Kier molecular flexibility index (Phi) is 7.59. The maximum absolute atomic E-state index is 5.97. The van der Waals surface area contributed by atoms with Gasteiger partial charge in [0.25, 0.3) is 0 Å². The van der Waals surface area contributed by atoms with Crippen LogP contribution in [0.2, 0.25) is 0 Å². The summed E-state index contributed by atoms with van der Waals surface area (Å²) in [5, 5.41) is 3.05. The van der Waals surface area contributed by atoms with Crippen LogP contribution in [0.25, 0.3) is 0 Å². The van der Waals surface area contributed by atoms with E-state index in [1.54, 1.807) is 14.2 Å². The minimum Gasteiger partial charge on any atom is -0.495 e. The molecular weight excluding hydrogens is 318 g/mol. The standard InChI is InChI=1S/C19H25N3O3/c1-23-11-6-12-25-16-8-5-7-15(13-16)14-21-19(20)22-17-9-3-4-10-18(17)24-2/h3-5,7-10,13H,6,11-12,14H2,1-2H3,(H3,20,21,22). The van der Waals surface area contributed by atoms with E-state index in [0.717, 1.165) is 23.4 Å². The lowest BCUT2D eigenvalue weighted by molar-refractivity contribution is 0.172. The summed E-state index contributed by atoms with van der Waals surface area (Å²) in [4.78, 5) is 4.37. The fourth-order valence-electron chi connectivity index (χ4n) is 2.23. The van der Waals surface area contributed by atoms with Gasteiger partial charge in [0.05, 0.1) is 25.9 Å². The van der Waals surface area contributed by atoms with Crippen molar-refractivity contribution < 1.29 is 14.2 Å². The van der Waals surface area contributed by atoms with Crippen molar-refractivity contribution in [3.8, 4) is 11.5 Å². The number of ether oxygens (including phenoxy) is 3. The quantitative estimate of drug-likeness (QED) is 0.416. The van der Waals surface area contributed by atoms with Crippen LogP contribution in [0.1, 0.15) is 12.0 Å². The van der Waals surface area contributed by atoms with E-state index in [1.807, 2.05) is 48.5 Å². The molecule has 2 aromatic rings. The molecule has 0 bridgehead atoms. The number of rotatable bonds is 9. The van der Waals surface area contributed by atoms with Crippen LogP contribution in [0.4, 0.5) is 5.69 Å². The number of hydrogen-bond donors (Lipinski definition) is 2. The lowest BCUT2D eigenvalue weighted by atomic mass is 10.2. The minimum atomic E-state index is 0.330. The summed E-state index contributed by atoms with van der Waals surface area (Å²) in [6, 6.07) is 15.4. The Hall–Kier alpha value is -2.73. The van der Waals surface area contributed by atoms with Crippen LogP contribution in [-0.4, -0.2) is 33.4 Å². The van der Waals surface area contributed by atoms with E-state index in [9.17, 15) is 0 Å². The van der Waals surface area contributed by atoms with Crippen molar-refractivity contribution >= 4 is 11.6 Å². The smallest absolute Gasteiger partial charge is 0.193 e. The average Bonchev–Trinajstić information content (AvgIpc) is 2.64. The molecule has 6 heteroatoms. The van der Waals surface area contributed by atoms with E-state index in [2.05, 4.69) is 10.3 Å². The first-order chi connectivity index (χ1) is 12.2. The molecule has 0 fully saturated rings. The van der Waals surface area contributed by atoms with Crippen molar-refractivity contribution in [2.45, 2.75) is 13.0 Å². The fraction of sp³-hybridized carbons (Fsp3) is 0.316. The molecule has 0 atom stereocenters. The first kappa shape index (κ1) is 18.6. The second-order valence-corrected chi connectivity index (χ2v) is 5.37. The Morgan fingerprint density at radius 2 is 1.92 bits per heavy atom. The molecule has 6 nitrogen and oxygen atoms in total. The van der Waals surface area contributed by atoms with Gasteiger partial charge in [-0.25, -0.2) is 4.99 Å². The van der Waals surface area contributed by atoms with Crippen molar-refractivity contribution in [3.63, 3.8) is 0 Å². The highest BCUT2D eigenvalue weighted by Gasteiger charge is 2.02. The molecule has 25 heavy (non-hydrogen) atoms. The number of nitrogens with two attached hydrogens (primary N) is 1. The Bertz CT molecular complexity index is 689. The van der Waals surface area contributed by atoms with Gasteiger partial charge in [0.1, 0.15) is 11.5 Å². The molecule has 2 aromatic carbocycles. The van der Waals surface area contributed by atoms with Crippen LogP contribution in [-0.2, 0) is 11.3 Å². The molecule has 134 valence electrons. The highest BCUT2D eigenvalue weighted by Crippen LogP contribution is 2.22. The largest absolute Gasteiger partial charge is 0.495 e. The van der Waals surface area contributed by atoms with Gasteiger partial charge in [-0.2, -0.15) is 0 Å². The zero-order valence-electron chi connectivity index (χ0n) is 14.7. The molecule has 0 aromatic heterocycles. The van der Waals surface area contributed by atoms with Gasteiger partial charge >= 0.3 is 0 Å². The third-order valence-corrected chi connectivity index (χ3v) is 3.46. The second-order valence-electron chi connectivity index (χ2n) is 5.37. The van der Waals surface area contributed by atoms with Gasteiger partial charge in [-0.05, 0) is 29.8 Å².